The van der Waals surface area contributed by atoms with Gasteiger partial charge in [0.05, 0.1) is 19.0 Å². The lowest BCUT2D eigenvalue weighted by Crippen LogP contribution is -2.36. The predicted molar refractivity (Wildman–Crippen MR) is 114 cm³/mol. The number of carbonyl (C=O) groups is 2. The van der Waals surface area contributed by atoms with Crippen molar-refractivity contribution in [2.45, 2.75) is 25.6 Å². The number of halogens is 1. The summed E-state index contributed by atoms with van der Waals surface area (Å²) in [5.41, 5.74) is 8.18. The molecule has 0 aliphatic rings. The molecule has 3 aromatic rings. The van der Waals surface area contributed by atoms with Crippen LogP contribution in [0.5, 0.6) is 0 Å². The van der Waals surface area contributed by atoms with E-state index in [1.807, 2.05) is 65.5 Å². The highest BCUT2D eigenvalue weighted by Gasteiger charge is 2.18. The highest BCUT2D eigenvalue weighted by atomic mass is 79.9. The highest BCUT2D eigenvalue weighted by Crippen LogP contribution is 2.21. The number of hydrogen-bond donors (Lipinski definition) is 3. The molecule has 0 radical (unpaired) electrons. The van der Waals surface area contributed by atoms with Gasteiger partial charge in [0, 0.05) is 23.4 Å². The van der Waals surface area contributed by atoms with Crippen LogP contribution in [0.2, 0.25) is 0 Å². The third-order valence-corrected chi connectivity index (χ3v) is 4.94. The van der Waals surface area contributed by atoms with E-state index >= 15 is 0 Å². The Hall–Kier alpha value is -3.13. The van der Waals surface area contributed by atoms with Crippen LogP contribution in [-0.2, 0) is 17.9 Å². The minimum absolute atomic E-state index is 0.0840. The van der Waals surface area contributed by atoms with Gasteiger partial charge >= 0.3 is 6.03 Å². The first-order chi connectivity index (χ1) is 14.0. The Labute approximate surface area is 177 Å². The van der Waals surface area contributed by atoms with Gasteiger partial charge in [-0.2, -0.15) is 5.10 Å². The van der Waals surface area contributed by atoms with E-state index < -0.39 is 12.1 Å². The molecule has 0 spiro atoms. The molecule has 1 heterocycles. The van der Waals surface area contributed by atoms with E-state index in [-0.39, 0.29) is 12.3 Å². The van der Waals surface area contributed by atoms with Crippen molar-refractivity contribution in [1.82, 2.24) is 20.4 Å². The van der Waals surface area contributed by atoms with Crippen LogP contribution >= 0.6 is 15.9 Å². The van der Waals surface area contributed by atoms with Crippen LogP contribution in [0.25, 0.3) is 0 Å². The van der Waals surface area contributed by atoms with Gasteiger partial charge in [0.2, 0.25) is 5.91 Å². The van der Waals surface area contributed by atoms with Crippen molar-refractivity contribution >= 4 is 27.9 Å². The van der Waals surface area contributed by atoms with Crippen LogP contribution in [-0.4, -0.2) is 21.7 Å². The summed E-state index contributed by atoms with van der Waals surface area (Å²) in [7, 11) is 0. The second-order valence-electron chi connectivity index (χ2n) is 6.57. The van der Waals surface area contributed by atoms with Crippen molar-refractivity contribution in [3.63, 3.8) is 0 Å². The first kappa shape index (κ1) is 20.6. The van der Waals surface area contributed by atoms with Gasteiger partial charge < -0.3 is 16.4 Å². The summed E-state index contributed by atoms with van der Waals surface area (Å²) >= 11 is 3.40. The third kappa shape index (κ3) is 6.18. The van der Waals surface area contributed by atoms with Crippen molar-refractivity contribution in [1.29, 1.82) is 0 Å². The quantitative estimate of drug-likeness (QED) is 0.486. The average Bonchev–Trinajstić information content (AvgIpc) is 3.19. The van der Waals surface area contributed by atoms with Crippen LogP contribution in [0.3, 0.4) is 0 Å². The fraction of sp³-hybridized carbons (Fsp3) is 0.190. The molecule has 150 valence electrons. The van der Waals surface area contributed by atoms with Crippen LogP contribution in [0.15, 0.2) is 71.5 Å². The maximum atomic E-state index is 12.6. The Bertz CT molecular complexity index is 975. The summed E-state index contributed by atoms with van der Waals surface area (Å²) in [6.45, 7) is 1.01. The molecule has 2 aromatic carbocycles. The number of carbonyl (C=O) groups excluding carboxylic acids is 2. The van der Waals surface area contributed by atoms with Crippen LogP contribution in [0.4, 0.5) is 4.79 Å². The Morgan fingerprint density at radius 2 is 1.90 bits per heavy atom. The number of aromatic nitrogens is 2. The molecule has 4 N–H and O–H groups in total. The monoisotopic (exact) mass is 455 g/mol. The molecular weight excluding hydrogens is 434 g/mol. The molecule has 1 atom stereocenters. The topological polar surface area (TPSA) is 102 Å². The first-order valence-corrected chi connectivity index (χ1v) is 9.93. The number of primary amides is 1. The number of amides is 3. The fourth-order valence-corrected chi connectivity index (χ4v) is 3.47. The van der Waals surface area contributed by atoms with E-state index in [4.69, 9.17) is 5.73 Å². The van der Waals surface area contributed by atoms with Gasteiger partial charge in [0.15, 0.2) is 0 Å². The molecule has 7 nitrogen and oxygen atoms in total. The number of rotatable bonds is 8. The predicted octanol–water partition coefficient (Wildman–Crippen LogP) is 3.11. The maximum Gasteiger partial charge on any atom is 0.312 e. The summed E-state index contributed by atoms with van der Waals surface area (Å²) in [5.74, 6) is -0.183. The average molecular weight is 456 g/mol. The minimum atomic E-state index is -0.674. The van der Waals surface area contributed by atoms with Crippen molar-refractivity contribution in [2.75, 3.05) is 0 Å². The Morgan fingerprint density at radius 3 is 2.59 bits per heavy atom. The maximum absolute atomic E-state index is 12.6. The summed E-state index contributed by atoms with van der Waals surface area (Å²) in [6.07, 6.45) is 3.71. The SMILES string of the molecule is NC(=O)N[C@@H](CC(=O)NCc1ccccc1Cn1cccn1)c1cccc(Br)c1. The second kappa shape index (κ2) is 9.88. The van der Waals surface area contributed by atoms with Crippen molar-refractivity contribution in [2.24, 2.45) is 5.73 Å². The molecule has 3 rings (SSSR count). The normalized spacial score (nSPS) is 11.6. The number of nitrogens with two attached hydrogens (primary N) is 1. The zero-order valence-corrected chi connectivity index (χ0v) is 17.3. The molecule has 0 saturated carbocycles. The Balaban J connectivity index is 1.64. The van der Waals surface area contributed by atoms with Gasteiger partial charge in [0.25, 0.3) is 0 Å². The first-order valence-electron chi connectivity index (χ1n) is 9.13. The Kier molecular flexibility index (Phi) is 7.02. The summed E-state index contributed by atoms with van der Waals surface area (Å²) < 4.78 is 2.69. The van der Waals surface area contributed by atoms with Crippen molar-refractivity contribution < 1.29 is 9.59 Å². The highest BCUT2D eigenvalue weighted by molar-refractivity contribution is 9.10. The lowest BCUT2D eigenvalue weighted by atomic mass is 10.0. The number of benzene rings is 2. The van der Waals surface area contributed by atoms with Crippen molar-refractivity contribution in [3.8, 4) is 0 Å². The standard InChI is InChI=1S/C21H22BrN5O2/c22-18-8-3-7-15(11-18)19(26-21(23)29)12-20(28)24-13-16-5-1-2-6-17(16)14-27-10-4-9-25-27/h1-11,19H,12-14H2,(H,24,28)(H3,23,26,29)/t19-/m0/s1. The van der Waals surface area contributed by atoms with E-state index in [9.17, 15) is 9.59 Å². The molecule has 0 bridgehead atoms. The number of urea groups is 1. The zero-order valence-electron chi connectivity index (χ0n) is 15.7. The third-order valence-electron chi connectivity index (χ3n) is 4.44. The molecule has 0 unspecified atom stereocenters. The van der Waals surface area contributed by atoms with E-state index in [0.717, 1.165) is 21.2 Å². The molecular formula is C21H22BrN5O2. The molecule has 8 heteroatoms. The van der Waals surface area contributed by atoms with Gasteiger partial charge in [-0.25, -0.2) is 4.79 Å². The van der Waals surface area contributed by atoms with Crippen LogP contribution in [0, 0.1) is 0 Å². The number of hydrogen-bond acceptors (Lipinski definition) is 3. The lowest BCUT2D eigenvalue weighted by Gasteiger charge is -2.18. The minimum Gasteiger partial charge on any atom is -0.352 e. The number of nitrogens with zero attached hydrogens (tertiary/aromatic N) is 2. The van der Waals surface area contributed by atoms with E-state index in [2.05, 4.69) is 31.7 Å². The largest absolute Gasteiger partial charge is 0.352 e. The van der Waals surface area contributed by atoms with Gasteiger partial charge in [-0.1, -0.05) is 52.3 Å². The van der Waals surface area contributed by atoms with Crippen molar-refractivity contribution in [3.05, 3.63) is 88.2 Å². The lowest BCUT2D eigenvalue weighted by molar-refractivity contribution is -0.121. The van der Waals surface area contributed by atoms with Gasteiger partial charge in [-0.15, -0.1) is 0 Å². The van der Waals surface area contributed by atoms with Crippen LogP contribution < -0.4 is 16.4 Å². The van der Waals surface area contributed by atoms with E-state index in [1.165, 1.54) is 0 Å². The molecule has 1 aromatic heterocycles. The van der Waals surface area contributed by atoms with E-state index in [0.29, 0.717) is 13.1 Å². The number of nitrogens with one attached hydrogen (secondary N) is 2. The molecule has 0 aliphatic heterocycles. The molecule has 0 fully saturated rings. The van der Waals surface area contributed by atoms with E-state index in [1.54, 1.807) is 6.20 Å². The summed E-state index contributed by atoms with van der Waals surface area (Å²) in [6, 6.07) is 16.0. The van der Waals surface area contributed by atoms with Gasteiger partial charge in [-0.05, 0) is 34.9 Å². The Morgan fingerprint density at radius 1 is 1.10 bits per heavy atom. The molecule has 29 heavy (non-hydrogen) atoms. The fourth-order valence-electron chi connectivity index (χ4n) is 3.05. The van der Waals surface area contributed by atoms with Gasteiger partial charge in [0.1, 0.15) is 0 Å². The smallest absolute Gasteiger partial charge is 0.312 e. The molecule has 3 amide bonds. The van der Waals surface area contributed by atoms with Crippen LogP contribution in [0.1, 0.15) is 29.2 Å². The zero-order chi connectivity index (χ0) is 20.6. The molecule has 0 aliphatic carbocycles. The molecule has 0 saturated heterocycles. The van der Waals surface area contributed by atoms with Gasteiger partial charge in [-0.3, -0.25) is 9.48 Å². The summed E-state index contributed by atoms with van der Waals surface area (Å²) in [5, 5.41) is 9.80. The summed E-state index contributed by atoms with van der Waals surface area (Å²) in [4.78, 5) is 23.9. The second-order valence-corrected chi connectivity index (χ2v) is 7.49.